The van der Waals surface area contributed by atoms with Crippen LogP contribution >= 0.6 is 39.9 Å². The Balaban J connectivity index is 1.67. The third-order valence-corrected chi connectivity index (χ3v) is 7.48. The number of fused-ring (bicyclic) bond motifs is 1. The van der Waals surface area contributed by atoms with Gasteiger partial charge >= 0.3 is 0 Å². The Kier molecular flexibility index (Phi) is 7.02. The molecule has 2 amide bonds. The minimum atomic E-state index is -0.222. The summed E-state index contributed by atoms with van der Waals surface area (Å²) in [6.45, 7) is 3.12. The zero-order valence-electron chi connectivity index (χ0n) is 17.9. The summed E-state index contributed by atoms with van der Waals surface area (Å²) in [4.78, 5) is 30.6. The van der Waals surface area contributed by atoms with Crippen molar-refractivity contribution in [2.75, 3.05) is 18.6 Å². The van der Waals surface area contributed by atoms with E-state index in [1.807, 2.05) is 42.5 Å². The third kappa shape index (κ3) is 4.36. The highest BCUT2D eigenvalue weighted by Crippen LogP contribution is 2.45. The van der Waals surface area contributed by atoms with E-state index in [1.54, 1.807) is 16.9 Å². The van der Waals surface area contributed by atoms with Gasteiger partial charge in [-0.1, -0.05) is 71.8 Å². The highest BCUT2D eigenvalue weighted by molar-refractivity contribution is 9.10. The quantitative estimate of drug-likeness (QED) is 0.258. The van der Waals surface area contributed by atoms with Crippen LogP contribution in [0.1, 0.15) is 37.3 Å². The first-order chi connectivity index (χ1) is 15.4. The topological polar surface area (TPSA) is 49.9 Å². The van der Waals surface area contributed by atoms with Crippen molar-refractivity contribution in [3.05, 3.63) is 63.0 Å². The van der Waals surface area contributed by atoms with Crippen molar-refractivity contribution in [3.63, 3.8) is 0 Å². The molecule has 0 aliphatic carbocycles. The lowest BCUT2D eigenvalue weighted by Gasteiger charge is -2.17. The Bertz CT molecular complexity index is 1110. The van der Waals surface area contributed by atoms with Crippen LogP contribution in [0.2, 0.25) is 0 Å². The van der Waals surface area contributed by atoms with Gasteiger partial charge in [0.25, 0.3) is 11.8 Å². The predicted molar refractivity (Wildman–Crippen MR) is 137 cm³/mol. The molecule has 0 aromatic heterocycles. The summed E-state index contributed by atoms with van der Waals surface area (Å²) < 4.78 is 6.53. The number of thiocarbonyl (C=S) groups is 1. The number of hydrogen-bond donors (Lipinski definition) is 0. The van der Waals surface area contributed by atoms with E-state index in [2.05, 4.69) is 22.9 Å². The number of carbonyl (C=O) groups is 2. The van der Waals surface area contributed by atoms with Crippen LogP contribution in [-0.2, 0) is 16.1 Å². The van der Waals surface area contributed by atoms with Crippen molar-refractivity contribution >= 4 is 67.3 Å². The third-order valence-electron chi connectivity index (χ3n) is 5.54. The Morgan fingerprint density at radius 1 is 1.03 bits per heavy atom. The Hall–Kier alpha value is -2.16. The SMILES string of the molecule is CCCCCN1C(=O)/C(=C2\SC(=S)N(Cc3ccc(OC)cc3)C2=O)c2cc(Br)ccc21. The van der Waals surface area contributed by atoms with E-state index in [0.29, 0.717) is 27.9 Å². The standard InChI is InChI=1S/C24H23BrN2O3S2/c1-3-4-5-12-26-19-11-8-16(25)13-18(19)20(22(26)28)21-23(29)27(24(31)32-21)14-15-6-9-17(30-2)10-7-15/h6-11,13H,3-5,12,14H2,1-2H3/b21-20-. The van der Waals surface area contributed by atoms with Gasteiger partial charge in [-0.25, -0.2) is 0 Å². The number of halogens is 1. The lowest BCUT2D eigenvalue weighted by atomic mass is 10.1. The molecule has 8 heteroatoms. The van der Waals surface area contributed by atoms with Gasteiger partial charge in [0.05, 0.1) is 29.8 Å². The van der Waals surface area contributed by atoms with E-state index in [-0.39, 0.29) is 11.8 Å². The summed E-state index contributed by atoms with van der Waals surface area (Å²) in [5.41, 5.74) is 3.03. The van der Waals surface area contributed by atoms with Gasteiger partial charge in [-0.2, -0.15) is 0 Å². The van der Waals surface area contributed by atoms with Crippen LogP contribution in [0.3, 0.4) is 0 Å². The minimum absolute atomic E-state index is 0.126. The van der Waals surface area contributed by atoms with E-state index >= 15 is 0 Å². The molecule has 2 aromatic carbocycles. The van der Waals surface area contributed by atoms with Crippen LogP contribution in [0, 0.1) is 0 Å². The van der Waals surface area contributed by atoms with Crippen LogP contribution < -0.4 is 9.64 Å². The average Bonchev–Trinajstić information content (AvgIpc) is 3.21. The van der Waals surface area contributed by atoms with Gasteiger partial charge in [-0.3, -0.25) is 14.5 Å². The number of unbranched alkanes of at least 4 members (excludes halogenated alkanes) is 2. The van der Waals surface area contributed by atoms with E-state index in [0.717, 1.165) is 46.3 Å². The number of ether oxygens (including phenoxy) is 1. The highest BCUT2D eigenvalue weighted by atomic mass is 79.9. The molecule has 0 saturated carbocycles. The summed E-state index contributed by atoms with van der Waals surface area (Å²) >= 11 is 10.2. The van der Waals surface area contributed by atoms with Crippen LogP contribution in [0.5, 0.6) is 5.75 Å². The van der Waals surface area contributed by atoms with Crippen LogP contribution in [-0.4, -0.2) is 34.7 Å². The number of thioether (sulfide) groups is 1. The molecule has 1 fully saturated rings. The molecule has 0 radical (unpaired) electrons. The van der Waals surface area contributed by atoms with Gasteiger partial charge in [0, 0.05) is 16.6 Å². The predicted octanol–water partition coefficient (Wildman–Crippen LogP) is 5.77. The van der Waals surface area contributed by atoms with Gasteiger partial charge in [0.15, 0.2) is 0 Å². The van der Waals surface area contributed by atoms with Crippen molar-refractivity contribution in [1.82, 2.24) is 4.90 Å². The summed E-state index contributed by atoms with van der Waals surface area (Å²) in [5, 5.41) is 0. The number of rotatable bonds is 7. The summed E-state index contributed by atoms with van der Waals surface area (Å²) in [7, 11) is 1.61. The normalized spacial score (nSPS) is 18.0. The molecule has 0 spiro atoms. The van der Waals surface area contributed by atoms with Crippen LogP contribution in [0.4, 0.5) is 5.69 Å². The molecule has 166 valence electrons. The molecular formula is C24H23BrN2O3S2. The van der Waals surface area contributed by atoms with Crippen molar-refractivity contribution in [2.45, 2.75) is 32.7 Å². The zero-order chi connectivity index (χ0) is 22.8. The molecule has 0 atom stereocenters. The van der Waals surface area contributed by atoms with E-state index in [4.69, 9.17) is 17.0 Å². The van der Waals surface area contributed by atoms with Crippen molar-refractivity contribution in [2.24, 2.45) is 0 Å². The molecule has 0 unspecified atom stereocenters. The molecule has 0 N–H and O–H groups in total. The lowest BCUT2D eigenvalue weighted by molar-refractivity contribution is -0.122. The van der Waals surface area contributed by atoms with Gasteiger partial charge < -0.3 is 9.64 Å². The Morgan fingerprint density at radius 3 is 2.47 bits per heavy atom. The maximum atomic E-state index is 13.5. The highest BCUT2D eigenvalue weighted by Gasteiger charge is 2.41. The largest absolute Gasteiger partial charge is 0.497 e. The molecule has 0 bridgehead atoms. The number of nitrogens with zero attached hydrogens (tertiary/aromatic N) is 2. The second kappa shape index (κ2) is 9.77. The van der Waals surface area contributed by atoms with Crippen LogP contribution in [0.25, 0.3) is 5.57 Å². The summed E-state index contributed by atoms with van der Waals surface area (Å²) in [6, 6.07) is 13.3. The first-order valence-electron chi connectivity index (χ1n) is 10.5. The first kappa shape index (κ1) is 23.0. The number of anilines is 1. The Labute approximate surface area is 205 Å². The smallest absolute Gasteiger partial charge is 0.267 e. The van der Waals surface area contributed by atoms with Crippen molar-refractivity contribution < 1.29 is 14.3 Å². The molecule has 2 aliphatic heterocycles. The number of carbonyl (C=O) groups excluding carboxylic acids is 2. The second-order valence-electron chi connectivity index (χ2n) is 7.64. The minimum Gasteiger partial charge on any atom is -0.497 e. The van der Waals surface area contributed by atoms with Crippen LogP contribution in [0.15, 0.2) is 51.8 Å². The van der Waals surface area contributed by atoms with Gasteiger partial charge in [-0.05, 0) is 42.3 Å². The summed E-state index contributed by atoms with van der Waals surface area (Å²) in [6.07, 6.45) is 3.05. The zero-order valence-corrected chi connectivity index (χ0v) is 21.1. The monoisotopic (exact) mass is 530 g/mol. The molecule has 5 nitrogen and oxygen atoms in total. The van der Waals surface area contributed by atoms with Gasteiger partial charge in [0.2, 0.25) is 0 Å². The fourth-order valence-corrected chi connectivity index (χ4v) is 5.55. The van der Waals surface area contributed by atoms with Crippen molar-refractivity contribution in [1.29, 1.82) is 0 Å². The summed E-state index contributed by atoms with van der Waals surface area (Å²) in [5.74, 6) is 0.405. The molecule has 2 heterocycles. The second-order valence-corrected chi connectivity index (χ2v) is 10.2. The number of benzene rings is 2. The fraction of sp³-hybridized carbons (Fsp3) is 0.292. The molecule has 2 aliphatic rings. The molecule has 2 aromatic rings. The molecule has 1 saturated heterocycles. The number of hydrogen-bond acceptors (Lipinski definition) is 5. The maximum Gasteiger partial charge on any atom is 0.267 e. The molecular weight excluding hydrogens is 508 g/mol. The number of amides is 2. The first-order valence-corrected chi connectivity index (χ1v) is 12.5. The molecule has 32 heavy (non-hydrogen) atoms. The number of methoxy groups -OCH3 is 1. The average molecular weight is 531 g/mol. The fourth-order valence-electron chi connectivity index (χ4n) is 3.86. The van der Waals surface area contributed by atoms with Crippen molar-refractivity contribution in [3.8, 4) is 5.75 Å². The van der Waals surface area contributed by atoms with E-state index in [9.17, 15) is 9.59 Å². The van der Waals surface area contributed by atoms with Gasteiger partial charge in [-0.15, -0.1) is 0 Å². The molecule has 4 rings (SSSR count). The Morgan fingerprint density at radius 2 is 1.78 bits per heavy atom. The van der Waals surface area contributed by atoms with E-state index in [1.165, 1.54) is 11.8 Å². The maximum absolute atomic E-state index is 13.5. The van der Waals surface area contributed by atoms with Gasteiger partial charge in [0.1, 0.15) is 10.1 Å². The van der Waals surface area contributed by atoms with E-state index < -0.39 is 0 Å². The lowest BCUT2D eigenvalue weighted by Crippen LogP contribution is -2.29.